The van der Waals surface area contributed by atoms with E-state index in [0.717, 1.165) is 22.3 Å². The van der Waals surface area contributed by atoms with Crippen molar-refractivity contribution in [1.29, 1.82) is 0 Å². The number of phenolic OH excluding ortho intramolecular Hbond substituents is 1. The molecule has 3 aromatic carbocycles. The molecule has 1 N–H and O–H groups in total. The minimum absolute atomic E-state index is 0.000425. The minimum atomic E-state index is 0.000425. The van der Waals surface area contributed by atoms with E-state index < -0.39 is 0 Å². The average Bonchev–Trinajstić information content (AvgIpc) is 2.79. The highest BCUT2D eigenvalue weighted by molar-refractivity contribution is 5.72. The third kappa shape index (κ3) is 4.91. The summed E-state index contributed by atoms with van der Waals surface area (Å²) in [6.07, 6.45) is 1.29. The lowest BCUT2D eigenvalue weighted by Crippen LogP contribution is -2.02. The Morgan fingerprint density at radius 1 is 0.735 bits per heavy atom. The fraction of sp³-hybridized carbons (Fsp3) is 0.179. The van der Waals surface area contributed by atoms with Crippen LogP contribution in [0.15, 0.2) is 67.4 Å². The SMILES string of the molecule is C=COCOc1ccc(-c2nc(-c3ccc(C)cc3C)nc(-c3ccc(C)cc3C)n2)c(O)c1. The van der Waals surface area contributed by atoms with Gasteiger partial charge in [0, 0.05) is 17.2 Å². The summed E-state index contributed by atoms with van der Waals surface area (Å²) in [5.74, 6) is 1.95. The highest BCUT2D eigenvalue weighted by atomic mass is 16.7. The van der Waals surface area contributed by atoms with Crippen LogP contribution in [0.5, 0.6) is 11.5 Å². The van der Waals surface area contributed by atoms with Crippen molar-refractivity contribution in [2.45, 2.75) is 27.7 Å². The van der Waals surface area contributed by atoms with Crippen molar-refractivity contribution in [1.82, 2.24) is 15.0 Å². The van der Waals surface area contributed by atoms with E-state index in [0.29, 0.717) is 28.8 Å². The average molecular weight is 454 g/mol. The van der Waals surface area contributed by atoms with Crippen molar-refractivity contribution in [3.8, 4) is 45.7 Å². The van der Waals surface area contributed by atoms with Gasteiger partial charge in [0.2, 0.25) is 6.79 Å². The van der Waals surface area contributed by atoms with E-state index in [1.54, 1.807) is 12.1 Å². The molecule has 4 rings (SSSR count). The molecular weight excluding hydrogens is 426 g/mol. The second-order valence-corrected chi connectivity index (χ2v) is 8.22. The minimum Gasteiger partial charge on any atom is -0.507 e. The van der Waals surface area contributed by atoms with Crippen molar-refractivity contribution in [3.63, 3.8) is 0 Å². The molecule has 4 aromatic rings. The van der Waals surface area contributed by atoms with Gasteiger partial charge in [-0.15, -0.1) is 0 Å². The van der Waals surface area contributed by atoms with Gasteiger partial charge in [0.1, 0.15) is 11.5 Å². The van der Waals surface area contributed by atoms with E-state index in [9.17, 15) is 5.11 Å². The molecule has 6 heteroatoms. The van der Waals surface area contributed by atoms with Crippen molar-refractivity contribution in [2.24, 2.45) is 0 Å². The van der Waals surface area contributed by atoms with Crippen LogP contribution in [-0.4, -0.2) is 26.9 Å². The predicted octanol–water partition coefficient (Wildman–Crippen LogP) is 6.31. The number of aromatic nitrogens is 3. The lowest BCUT2D eigenvalue weighted by atomic mass is 10.0. The predicted molar refractivity (Wildman–Crippen MR) is 134 cm³/mol. The Bertz CT molecular complexity index is 1300. The van der Waals surface area contributed by atoms with Gasteiger partial charge in [-0.1, -0.05) is 54.1 Å². The summed E-state index contributed by atoms with van der Waals surface area (Å²) in [6.45, 7) is 11.7. The number of aromatic hydroxyl groups is 1. The Kier molecular flexibility index (Phi) is 6.59. The molecule has 1 aromatic heterocycles. The van der Waals surface area contributed by atoms with E-state index in [1.807, 2.05) is 38.1 Å². The fourth-order valence-electron chi connectivity index (χ4n) is 3.81. The molecule has 0 fully saturated rings. The van der Waals surface area contributed by atoms with Gasteiger partial charge in [0.05, 0.1) is 11.8 Å². The van der Waals surface area contributed by atoms with Crippen LogP contribution in [0.2, 0.25) is 0 Å². The first-order valence-electron chi connectivity index (χ1n) is 11.0. The van der Waals surface area contributed by atoms with Gasteiger partial charge in [-0.2, -0.15) is 0 Å². The highest BCUT2D eigenvalue weighted by Gasteiger charge is 2.17. The van der Waals surface area contributed by atoms with Crippen molar-refractivity contribution in [2.75, 3.05) is 6.79 Å². The van der Waals surface area contributed by atoms with Crippen LogP contribution < -0.4 is 4.74 Å². The van der Waals surface area contributed by atoms with Crippen LogP contribution in [0, 0.1) is 27.7 Å². The highest BCUT2D eigenvalue weighted by Crippen LogP contribution is 2.34. The standard InChI is InChI=1S/C28H27N3O3/c1-6-33-16-34-21-9-12-24(25(32)15-21)28-30-26(22-10-7-17(2)13-19(22)4)29-27(31-28)23-11-8-18(3)14-20(23)5/h6-15,32H,1,16H2,2-5H3. The number of ether oxygens (including phenoxy) is 2. The van der Waals surface area contributed by atoms with Crippen molar-refractivity contribution in [3.05, 3.63) is 89.7 Å². The topological polar surface area (TPSA) is 77.4 Å². The first-order valence-corrected chi connectivity index (χ1v) is 11.0. The first kappa shape index (κ1) is 23.0. The molecule has 0 aliphatic carbocycles. The summed E-state index contributed by atoms with van der Waals surface area (Å²) >= 11 is 0. The van der Waals surface area contributed by atoms with Gasteiger partial charge in [0.15, 0.2) is 17.5 Å². The quantitative estimate of drug-likeness (QED) is 0.201. The molecule has 0 saturated heterocycles. The number of nitrogens with zero attached hydrogens (tertiary/aromatic N) is 3. The molecule has 6 nitrogen and oxygen atoms in total. The van der Waals surface area contributed by atoms with Crippen LogP contribution in [0.25, 0.3) is 34.2 Å². The Hall–Kier alpha value is -4.19. The summed E-state index contributed by atoms with van der Waals surface area (Å²) in [5, 5.41) is 10.8. The van der Waals surface area contributed by atoms with Gasteiger partial charge in [-0.3, -0.25) is 0 Å². The molecule has 0 bridgehead atoms. The second-order valence-electron chi connectivity index (χ2n) is 8.22. The van der Waals surface area contributed by atoms with Crippen molar-refractivity contribution < 1.29 is 14.6 Å². The fourth-order valence-corrected chi connectivity index (χ4v) is 3.81. The van der Waals surface area contributed by atoms with Crippen LogP contribution >= 0.6 is 0 Å². The molecule has 0 saturated carbocycles. The van der Waals surface area contributed by atoms with E-state index >= 15 is 0 Å². The van der Waals surface area contributed by atoms with E-state index in [4.69, 9.17) is 24.4 Å². The smallest absolute Gasteiger partial charge is 0.229 e. The zero-order valence-electron chi connectivity index (χ0n) is 19.8. The molecule has 0 atom stereocenters. The van der Waals surface area contributed by atoms with Gasteiger partial charge in [0.25, 0.3) is 0 Å². The molecule has 172 valence electrons. The molecule has 0 aliphatic heterocycles. The number of phenols is 1. The third-order valence-electron chi connectivity index (χ3n) is 5.50. The lowest BCUT2D eigenvalue weighted by Gasteiger charge is -2.13. The zero-order valence-corrected chi connectivity index (χ0v) is 19.8. The summed E-state index contributed by atoms with van der Waals surface area (Å²) in [5.41, 5.74) is 6.79. The molecule has 34 heavy (non-hydrogen) atoms. The summed E-state index contributed by atoms with van der Waals surface area (Å²) in [6, 6.07) is 17.3. The number of hydrogen-bond acceptors (Lipinski definition) is 6. The van der Waals surface area contributed by atoms with Crippen LogP contribution in [-0.2, 0) is 4.74 Å². The largest absolute Gasteiger partial charge is 0.507 e. The monoisotopic (exact) mass is 453 g/mol. The Morgan fingerprint density at radius 2 is 1.24 bits per heavy atom. The van der Waals surface area contributed by atoms with E-state index in [-0.39, 0.29) is 12.5 Å². The van der Waals surface area contributed by atoms with Crippen LogP contribution in [0.1, 0.15) is 22.3 Å². The third-order valence-corrected chi connectivity index (χ3v) is 5.50. The normalized spacial score (nSPS) is 10.7. The molecule has 0 radical (unpaired) electrons. The summed E-state index contributed by atoms with van der Waals surface area (Å²) in [4.78, 5) is 14.3. The number of rotatable bonds is 7. The number of aryl methyl sites for hydroxylation is 4. The molecule has 0 amide bonds. The number of hydrogen-bond donors (Lipinski definition) is 1. The lowest BCUT2D eigenvalue weighted by molar-refractivity contribution is 0.0805. The van der Waals surface area contributed by atoms with E-state index in [2.05, 4.69) is 32.6 Å². The molecule has 0 aliphatic rings. The Balaban J connectivity index is 1.86. The van der Waals surface area contributed by atoms with Gasteiger partial charge >= 0.3 is 0 Å². The molecular formula is C28H27N3O3. The summed E-state index contributed by atoms with van der Waals surface area (Å²) in [7, 11) is 0. The second kappa shape index (κ2) is 9.75. The zero-order chi connectivity index (χ0) is 24.2. The van der Waals surface area contributed by atoms with E-state index in [1.165, 1.54) is 23.5 Å². The van der Waals surface area contributed by atoms with Crippen molar-refractivity contribution >= 4 is 0 Å². The van der Waals surface area contributed by atoms with Gasteiger partial charge in [-0.05, 0) is 51.0 Å². The maximum absolute atomic E-state index is 10.8. The molecule has 1 heterocycles. The summed E-state index contributed by atoms with van der Waals surface area (Å²) < 4.78 is 10.4. The molecule has 0 unspecified atom stereocenters. The van der Waals surface area contributed by atoms with Crippen LogP contribution in [0.3, 0.4) is 0 Å². The first-order chi connectivity index (χ1) is 16.4. The maximum atomic E-state index is 10.8. The van der Waals surface area contributed by atoms with Gasteiger partial charge in [-0.25, -0.2) is 15.0 Å². The maximum Gasteiger partial charge on any atom is 0.229 e. The molecule has 0 spiro atoms. The number of benzene rings is 3. The Labute approximate surface area is 199 Å². The van der Waals surface area contributed by atoms with Gasteiger partial charge < -0.3 is 14.6 Å². The van der Waals surface area contributed by atoms with Crippen LogP contribution in [0.4, 0.5) is 0 Å². The Morgan fingerprint density at radius 3 is 1.71 bits per heavy atom.